The van der Waals surface area contributed by atoms with Gasteiger partial charge in [0, 0.05) is 11.3 Å². The SMILES string of the molecule is O=C(COc1ccccc1/C=N\NC(=O)C(=O)Nc1cccc(Cl)c1Cl)Nc1cccc(C(F)(F)F)c1. The van der Waals surface area contributed by atoms with Crippen molar-refractivity contribution in [3.63, 3.8) is 0 Å². The Bertz CT molecular complexity index is 1350. The first kappa shape index (κ1) is 27.5. The molecule has 0 aliphatic rings. The lowest BCUT2D eigenvalue weighted by Crippen LogP contribution is -2.32. The molecule has 0 saturated carbocycles. The molecule has 13 heteroatoms. The summed E-state index contributed by atoms with van der Waals surface area (Å²) >= 11 is 11.8. The highest BCUT2D eigenvalue weighted by atomic mass is 35.5. The summed E-state index contributed by atoms with van der Waals surface area (Å²) in [7, 11) is 0. The molecule has 0 atom stereocenters. The van der Waals surface area contributed by atoms with Crippen LogP contribution < -0.4 is 20.8 Å². The van der Waals surface area contributed by atoms with Crippen LogP contribution in [0.3, 0.4) is 0 Å². The third-order valence-electron chi connectivity index (χ3n) is 4.53. The van der Waals surface area contributed by atoms with Crippen LogP contribution in [0.25, 0.3) is 0 Å². The molecule has 0 aliphatic heterocycles. The number of anilines is 2. The van der Waals surface area contributed by atoms with Crippen LogP contribution in [-0.2, 0) is 20.6 Å². The van der Waals surface area contributed by atoms with E-state index in [2.05, 4.69) is 15.7 Å². The third-order valence-corrected chi connectivity index (χ3v) is 5.35. The summed E-state index contributed by atoms with van der Waals surface area (Å²) < 4.78 is 43.9. The number of hydrazone groups is 1. The highest BCUT2D eigenvalue weighted by Gasteiger charge is 2.30. The van der Waals surface area contributed by atoms with Gasteiger partial charge < -0.3 is 15.4 Å². The van der Waals surface area contributed by atoms with Gasteiger partial charge in [-0.1, -0.05) is 47.5 Å². The normalized spacial score (nSPS) is 11.2. The van der Waals surface area contributed by atoms with E-state index in [0.717, 1.165) is 12.1 Å². The van der Waals surface area contributed by atoms with E-state index in [9.17, 15) is 27.6 Å². The summed E-state index contributed by atoms with van der Waals surface area (Å²) in [5.74, 6) is -2.64. The minimum atomic E-state index is -4.55. The summed E-state index contributed by atoms with van der Waals surface area (Å²) in [4.78, 5) is 36.2. The maximum absolute atomic E-state index is 12.8. The molecule has 0 aliphatic carbocycles. The summed E-state index contributed by atoms with van der Waals surface area (Å²) in [6.07, 6.45) is -3.37. The Hall–Kier alpha value is -4.09. The van der Waals surface area contributed by atoms with Crippen molar-refractivity contribution in [3.8, 4) is 5.75 Å². The summed E-state index contributed by atoms with van der Waals surface area (Å²) in [6, 6.07) is 15.0. The predicted octanol–water partition coefficient (Wildman–Crippen LogP) is 5.12. The molecular formula is C24H17Cl2F3N4O4. The Kier molecular flexibility index (Phi) is 9.10. The molecule has 0 aromatic heterocycles. The van der Waals surface area contributed by atoms with E-state index in [1.165, 1.54) is 42.6 Å². The second-order valence-electron chi connectivity index (χ2n) is 7.21. The number of hydrogen-bond donors (Lipinski definition) is 3. The van der Waals surface area contributed by atoms with E-state index >= 15 is 0 Å². The monoisotopic (exact) mass is 552 g/mol. The molecule has 0 unspecified atom stereocenters. The Morgan fingerprint density at radius 3 is 2.41 bits per heavy atom. The van der Waals surface area contributed by atoms with Crippen molar-refractivity contribution in [1.29, 1.82) is 0 Å². The largest absolute Gasteiger partial charge is 0.483 e. The number of rotatable bonds is 7. The fourth-order valence-corrected chi connectivity index (χ4v) is 3.17. The molecule has 8 nitrogen and oxygen atoms in total. The van der Waals surface area contributed by atoms with Gasteiger partial charge in [0.25, 0.3) is 5.91 Å². The predicted molar refractivity (Wildman–Crippen MR) is 133 cm³/mol. The number of halogens is 5. The standard InChI is InChI=1S/C24H17Cl2F3N4O4/c25-17-8-4-9-18(21(17)26)32-22(35)23(36)33-30-12-14-5-1-2-10-19(14)37-13-20(34)31-16-7-3-6-15(11-16)24(27,28)29/h1-12H,13H2,(H,31,34)(H,32,35)(H,33,36)/b30-12-. The van der Waals surface area contributed by atoms with Gasteiger partial charge in [-0.15, -0.1) is 0 Å². The van der Waals surface area contributed by atoms with E-state index in [0.29, 0.717) is 5.56 Å². The van der Waals surface area contributed by atoms with E-state index < -0.39 is 36.1 Å². The van der Waals surface area contributed by atoms with E-state index in [1.807, 2.05) is 5.43 Å². The number of benzene rings is 3. The first-order valence-electron chi connectivity index (χ1n) is 10.3. The number of ether oxygens (including phenoxy) is 1. The second kappa shape index (κ2) is 12.2. The molecule has 0 radical (unpaired) electrons. The fourth-order valence-electron chi connectivity index (χ4n) is 2.82. The van der Waals surface area contributed by atoms with Gasteiger partial charge in [0.1, 0.15) is 5.75 Å². The topological polar surface area (TPSA) is 109 Å². The smallest absolute Gasteiger partial charge is 0.416 e. The number of amides is 3. The fraction of sp³-hybridized carbons (Fsp3) is 0.0833. The molecular weight excluding hydrogens is 536 g/mol. The van der Waals surface area contributed by atoms with Gasteiger partial charge in [0.2, 0.25) is 0 Å². The highest BCUT2D eigenvalue weighted by molar-refractivity contribution is 6.45. The van der Waals surface area contributed by atoms with Crippen LogP contribution >= 0.6 is 23.2 Å². The van der Waals surface area contributed by atoms with Crippen molar-refractivity contribution in [2.45, 2.75) is 6.18 Å². The number of carbonyl (C=O) groups excluding carboxylic acids is 3. The minimum Gasteiger partial charge on any atom is -0.483 e. The molecule has 0 heterocycles. The quantitative estimate of drug-likeness (QED) is 0.215. The first-order valence-corrected chi connectivity index (χ1v) is 11.1. The number of nitrogens with one attached hydrogen (secondary N) is 3. The van der Waals surface area contributed by atoms with Gasteiger partial charge in [-0.25, -0.2) is 5.43 Å². The second-order valence-corrected chi connectivity index (χ2v) is 7.99. The summed E-state index contributed by atoms with van der Waals surface area (Å²) in [6.45, 7) is -0.518. The van der Waals surface area contributed by atoms with Crippen LogP contribution in [0.1, 0.15) is 11.1 Å². The maximum Gasteiger partial charge on any atom is 0.416 e. The van der Waals surface area contributed by atoms with Gasteiger partial charge in [-0.3, -0.25) is 14.4 Å². The van der Waals surface area contributed by atoms with Crippen molar-refractivity contribution in [2.75, 3.05) is 17.2 Å². The van der Waals surface area contributed by atoms with Gasteiger partial charge in [0.15, 0.2) is 6.61 Å². The molecule has 3 aromatic carbocycles. The van der Waals surface area contributed by atoms with Gasteiger partial charge >= 0.3 is 18.0 Å². The van der Waals surface area contributed by atoms with E-state index in [-0.39, 0.29) is 27.2 Å². The lowest BCUT2D eigenvalue weighted by Gasteiger charge is -2.11. The highest BCUT2D eigenvalue weighted by Crippen LogP contribution is 2.31. The zero-order valence-corrected chi connectivity index (χ0v) is 20.1. The number of alkyl halides is 3. The third kappa shape index (κ3) is 7.95. The Labute approximate surface area is 218 Å². The van der Waals surface area contributed by atoms with Gasteiger partial charge in [-0.2, -0.15) is 18.3 Å². The molecule has 3 rings (SSSR count). The van der Waals surface area contributed by atoms with Crippen LogP contribution in [0.4, 0.5) is 24.5 Å². The number of para-hydroxylation sites is 1. The van der Waals surface area contributed by atoms with Gasteiger partial charge in [0.05, 0.1) is 27.5 Å². The Morgan fingerprint density at radius 1 is 0.919 bits per heavy atom. The Balaban J connectivity index is 1.56. The maximum atomic E-state index is 12.8. The molecule has 3 N–H and O–H groups in total. The lowest BCUT2D eigenvalue weighted by atomic mass is 10.2. The number of hydrogen-bond acceptors (Lipinski definition) is 5. The average Bonchev–Trinajstić information content (AvgIpc) is 2.85. The van der Waals surface area contributed by atoms with Crippen molar-refractivity contribution in [2.24, 2.45) is 5.10 Å². The molecule has 0 bridgehead atoms. The molecule has 0 spiro atoms. The van der Waals surface area contributed by atoms with Crippen LogP contribution in [0.5, 0.6) is 5.75 Å². The molecule has 0 fully saturated rings. The molecule has 3 aromatic rings. The minimum absolute atomic E-state index is 0.0432. The zero-order chi connectivity index (χ0) is 27.0. The van der Waals surface area contributed by atoms with E-state index in [1.54, 1.807) is 18.2 Å². The summed E-state index contributed by atoms with van der Waals surface area (Å²) in [5.41, 5.74) is 1.58. The van der Waals surface area contributed by atoms with Crippen molar-refractivity contribution in [1.82, 2.24) is 5.43 Å². The zero-order valence-electron chi connectivity index (χ0n) is 18.6. The van der Waals surface area contributed by atoms with Gasteiger partial charge in [-0.05, 0) is 42.5 Å². The molecule has 192 valence electrons. The number of carbonyl (C=O) groups is 3. The first-order chi connectivity index (χ1) is 17.5. The van der Waals surface area contributed by atoms with Crippen molar-refractivity contribution in [3.05, 3.63) is 87.9 Å². The van der Waals surface area contributed by atoms with Crippen molar-refractivity contribution < 1.29 is 32.3 Å². The van der Waals surface area contributed by atoms with Crippen LogP contribution in [-0.4, -0.2) is 30.5 Å². The Morgan fingerprint density at radius 2 is 1.65 bits per heavy atom. The average molecular weight is 553 g/mol. The van der Waals surface area contributed by atoms with E-state index in [4.69, 9.17) is 27.9 Å². The van der Waals surface area contributed by atoms with Crippen LogP contribution in [0, 0.1) is 0 Å². The van der Waals surface area contributed by atoms with Crippen LogP contribution in [0.2, 0.25) is 10.0 Å². The molecule has 0 saturated heterocycles. The molecule has 3 amide bonds. The van der Waals surface area contributed by atoms with Crippen molar-refractivity contribution >= 4 is 58.5 Å². The lowest BCUT2D eigenvalue weighted by molar-refractivity contribution is -0.137. The number of nitrogens with zero attached hydrogens (tertiary/aromatic N) is 1. The van der Waals surface area contributed by atoms with Crippen LogP contribution in [0.15, 0.2) is 71.8 Å². The molecule has 37 heavy (non-hydrogen) atoms. The summed E-state index contributed by atoms with van der Waals surface area (Å²) in [5, 5.41) is 8.59.